The molecule has 18 heavy (non-hydrogen) atoms. The maximum absolute atomic E-state index is 11.7. The number of carbonyl (C=O) groups excluding carboxylic acids is 2. The quantitative estimate of drug-likeness (QED) is 0.688. The van der Waals surface area contributed by atoms with Crippen molar-refractivity contribution >= 4 is 11.9 Å². The van der Waals surface area contributed by atoms with Gasteiger partial charge in [0.1, 0.15) is 0 Å². The molecule has 0 aromatic rings. The Morgan fingerprint density at radius 3 is 2.61 bits per heavy atom. The van der Waals surface area contributed by atoms with Gasteiger partial charge < -0.3 is 15.0 Å². The number of nitrogens with one attached hydrogen (secondary N) is 1. The zero-order valence-corrected chi connectivity index (χ0v) is 11.4. The summed E-state index contributed by atoms with van der Waals surface area (Å²) >= 11 is 0. The van der Waals surface area contributed by atoms with Gasteiger partial charge in [-0.15, -0.1) is 0 Å². The molecule has 1 aliphatic heterocycles. The van der Waals surface area contributed by atoms with E-state index < -0.39 is 0 Å². The van der Waals surface area contributed by atoms with Crippen molar-refractivity contribution in [3.8, 4) is 0 Å². The van der Waals surface area contributed by atoms with Crippen LogP contribution in [-0.2, 0) is 14.3 Å². The first-order chi connectivity index (χ1) is 8.63. The lowest BCUT2D eigenvalue weighted by atomic mass is 10.2. The summed E-state index contributed by atoms with van der Waals surface area (Å²) in [5, 5.41) is 3.18. The minimum atomic E-state index is -0.191. The molecule has 1 fully saturated rings. The summed E-state index contributed by atoms with van der Waals surface area (Å²) in [5.74, 6) is 0.0201. The van der Waals surface area contributed by atoms with Gasteiger partial charge in [-0.2, -0.15) is 0 Å². The Kier molecular flexibility index (Phi) is 6.72. The molecular formula is C13H24N2O3. The number of carbonyl (C=O) groups is 2. The molecule has 1 N–H and O–H groups in total. The van der Waals surface area contributed by atoms with Gasteiger partial charge in [-0.05, 0) is 26.7 Å². The van der Waals surface area contributed by atoms with Crippen LogP contribution >= 0.6 is 0 Å². The molecule has 1 unspecified atom stereocenters. The molecule has 0 radical (unpaired) electrons. The highest BCUT2D eigenvalue weighted by Gasteiger charge is 2.17. The van der Waals surface area contributed by atoms with Crippen molar-refractivity contribution in [2.24, 2.45) is 0 Å². The summed E-state index contributed by atoms with van der Waals surface area (Å²) in [5.41, 5.74) is 0. The topological polar surface area (TPSA) is 58.6 Å². The zero-order chi connectivity index (χ0) is 13.4. The van der Waals surface area contributed by atoms with Crippen LogP contribution in [0.15, 0.2) is 0 Å². The molecule has 1 heterocycles. The van der Waals surface area contributed by atoms with Crippen molar-refractivity contribution in [1.29, 1.82) is 0 Å². The van der Waals surface area contributed by atoms with E-state index in [1.807, 2.05) is 11.8 Å². The molecule has 5 heteroatoms. The molecule has 0 bridgehead atoms. The number of esters is 1. The largest absolute Gasteiger partial charge is 0.466 e. The maximum atomic E-state index is 11.7. The summed E-state index contributed by atoms with van der Waals surface area (Å²) in [4.78, 5) is 24.9. The van der Waals surface area contributed by atoms with Gasteiger partial charge in [0.15, 0.2) is 0 Å². The summed E-state index contributed by atoms with van der Waals surface area (Å²) < 4.78 is 4.87. The molecule has 1 aliphatic rings. The van der Waals surface area contributed by atoms with Gasteiger partial charge in [-0.25, -0.2) is 0 Å². The minimum absolute atomic E-state index is 0.0513. The van der Waals surface area contributed by atoms with Crippen LogP contribution in [0.3, 0.4) is 0 Å². The third-order valence-electron chi connectivity index (χ3n) is 3.07. The van der Waals surface area contributed by atoms with E-state index in [1.165, 1.54) is 0 Å². The molecule has 5 nitrogen and oxygen atoms in total. The van der Waals surface area contributed by atoms with Gasteiger partial charge >= 0.3 is 5.97 Å². The Bertz CT molecular complexity index is 275. The van der Waals surface area contributed by atoms with E-state index in [0.717, 1.165) is 25.9 Å². The maximum Gasteiger partial charge on any atom is 0.307 e. The van der Waals surface area contributed by atoms with Crippen molar-refractivity contribution in [3.63, 3.8) is 0 Å². The standard InChI is InChI=1S/C13H24N2O3/c1-3-18-13(17)10-11(2)14-7-6-12(16)15-8-4-5-9-15/h11,14H,3-10H2,1-2H3. The van der Waals surface area contributed by atoms with Crippen LogP contribution in [0.4, 0.5) is 0 Å². The summed E-state index contributed by atoms with van der Waals surface area (Å²) in [6, 6.07) is 0.0513. The Hall–Kier alpha value is -1.10. The lowest BCUT2D eigenvalue weighted by Crippen LogP contribution is -2.34. The second-order valence-corrected chi connectivity index (χ2v) is 4.70. The third-order valence-corrected chi connectivity index (χ3v) is 3.07. The zero-order valence-electron chi connectivity index (χ0n) is 11.4. The first-order valence-corrected chi connectivity index (χ1v) is 6.80. The van der Waals surface area contributed by atoms with Gasteiger partial charge in [0.25, 0.3) is 0 Å². The predicted molar refractivity (Wildman–Crippen MR) is 69.1 cm³/mol. The van der Waals surface area contributed by atoms with E-state index in [-0.39, 0.29) is 17.9 Å². The second kappa shape index (κ2) is 8.08. The average molecular weight is 256 g/mol. The van der Waals surface area contributed by atoms with Gasteiger partial charge in [-0.3, -0.25) is 9.59 Å². The normalized spacial score (nSPS) is 16.7. The first kappa shape index (κ1) is 15.0. The van der Waals surface area contributed by atoms with E-state index in [0.29, 0.717) is 26.0 Å². The Labute approximate surface area is 109 Å². The first-order valence-electron chi connectivity index (χ1n) is 6.80. The second-order valence-electron chi connectivity index (χ2n) is 4.70. The van der Waals surface area contributed by atoms with Crippen molar-refractivity contribution in [2.45, 2.75) is 45.6 Å². The monoisotopic (exact) mass is 256 g/mol. The smallest absolute Gasteiger partial charge is 0.307 e. The summed E-state index contributed by atoms with van der Waals surface area (Å²) in [6.45, 7) is 6.56. The van der Waals surface area contributed by atoms with E-state index >= 15 is 0 Å². The Morgan fingerprint density at radius 1 is 1.33 bits per heavy atom. The van der Waals surface area contributed by atoms with Crippen molar-refractivity contribution in [3.05, 3.63) is 0 Å². The molecule has 0 spiro atoms. The van der Waals surface area contributed by atoms with E-state index in [2.05, 4.69) is 5.32 Å². The van der Waals surface area contributed by atoms with Crippen LogP contribution in [0.2, 0.25) is 0 Å². The molecule has 1 rings (SSSR count). The molecule has 0 saturated carbocycles. The number of amides is 1. The lowest BCUT2D eigenvalue weighted by molar-refractivity contribution is -0.143. The summed E-state index contributed by atoms with van der Waals surface area (Å²) in [7, 11) is 0. The third kappa shape index (κ3) is 5.49. The Morgan fingerprint density at radius 2 is 2.00 bits per heavy atom. The molecule has 1 amide bonds. The molecular weight excluding hydrogens is 232 g/mol. The minimum Gasteiger partial charge on any atom is -0.466 e. The number of hydrogen-bond acceptors (Lipinski definition) is 4. The average Bonchev–Trinajstić information content (AvgIpc) is 2.82. The van der Waals surface area contributed by atoms with Crippen molar-refractivity contribution < 1.29 is 14.3 Å². The number of nitrogens with zero attached hydrogens (tertiary/aromatic N) is 1. The fourth-order valence-electron chi connectivity index (χ4n) is 2.09. The fraction of sp³-hybridized carbons (Fsp3) is 0.846. The molecule has 0 aliphatic carbocycles. The van der Waals surface area contributed by atoms with Crippen molar-refractivity contribution in [1.82, 2.24) is 10.2 Å². The number of ether oxygens (including phenoxy) is 1. The molecule has 0 aromatic carbocycles. The molecule has 0 aromatic heterocycles. The molecule has 104 valence electrons. The number of likely N-dealkylation sites (tertiary alicyclic amines) is 1. The lowest BCUT2D eigenvalue weighted by Gasteiger charge is -2.17. The van der Waals surface area contributed by atoms with Gasteiger partial charge in [0, 0.05) is 32.1 Å². The van der Waals surface area contributed by atoms with Crippen LogP contribution < -0.4 is 5.32 Å². The van der Waals surface area contributed by atoms with Crippen LogP contribution in [0.25, 0.3) is 0 Å². The number of hydrogen-bond donors (Lipinski definition) is 1. The van der Waals surface area contributed by atoms with Gasteiger partial charge in [-0.1, -0.05) is 0 Å². The SMILES string of the molecule is CCOC(=O)CC(C)NCCC(=O)N1CCCC1. The highest BCUT2D eigenvalue weighted by atomic mass is 16.5. The molecule has 1 atom stereocenters. The highest BCUT2D eigenvalue weighted by molar-refractivity contribution is 5.76. The highest BCUT2D eigenvalue weighted by Crippen LogP contribution is 2.08. The summed E-state index contributed by atoms with van der Waals surface area (Å²) in [6.07, 6.45) is 3.11. The van der Waals surface area contributed by atoms with E-state index in [9.17, 15) is 9.59 Å². The van der Waals surface area contributed by atoms with Crippen LogP contribution in [0, 0.1) is 0 Å². The van der Waals surface area contributed by atoms with E-state index in [1.54, 1.807) is 6.92 Å². The van der Waals surface area contributed by atoms with Crippen molar-refractivity contribution in [2.75, 3.05) is 26.2 Å². The fourth-order valence-corrected chi connectivity index (χ4v) is 2.09. The van der Waals surface area contributed by atoms with Gasteiger partial charge in [0.2, 0.25) is 5.91 Å². The van der Waals surface area contributed by atoms with Gasteiger partial charge in [0.05, 0.1) is 13.0 Å². The Balaban J connectivity index is 2.09. The van der Waals surface area contributed by atoms with Crippen LogP contribution in [0.5, 0.6) is 0 Å². The van der Waals surface area contributed by atoms with Crippen LogP contribution in [-0.4, -0.2) is 49.1 Å². The predicted octanol–water partition coefficient (Wildman–Crippen LogP) is 0.930. The molecule has 1 saturated heterocycles. The van der Waals surface area contributed by atoms with E-state index in [4.69, 9.17) is 4.74 Å². The van der Waals surface area contributed by atoms with Crippen LogP contribution in [0.1, 0.15) is 39.5 Å². The number of rotatable bonds is 7.